The summed E-state index contributed by atoms with van der Waals surface area (Å²) in [7, 11) is 1.77. The van der Waals surface area contributed by atoms with Gasteiger partial charge in [-0.1, -0.05) is 18.2 Å². The first-order chi connectivity index (χ1) is 9.78. The first-order valence-electron chi connectivity index (χ1n) is 6.78. The van der Waals surface area contributed by atoms with Gasteiger partial charge >= 0.3 is 0 Å². The van der Waals surface area contributed by atoms with Crippen molar-refractivity contribution >= 4 is 34.2 Å². The zero-order chi connectivity index (χ0) is 13.7. The van der Waals surface area contributed by atoms with Crippen LogP contribution < -0.4 is 0 Å². The third-order valence-electron chi connectivity index (χ3n) is 4.22. The molecular weight excluding hydrogens is 270 g/mol. The van der Waals surface area contributed by atoms with Gasteiger partial charge in [-0.15, -0.1) is 0 Å². The fourth-order valence-electron chi connectivity index (χ4n) is 3.04. The lowest BCUT2D eigenvalue weighted by Gasteiger charge is -2.35. The highest BCUT2D eigenvalue weighted by molar-refractivity contribution is 7.71. The van der Waals surface area contributed by atoms with Gasteiger partial charge in [0.2, 0.25) is 0 Å². The third kappa shape index (κ3) is 1.63. The van der Waals surface area contributed by atoms with Gasteiger partial charge in [0.15, 0.2) is 4.77 Å². The van der Waals surface area contributed by atoms with Crippen molar-refractivity contribution in [2.24, 2.45) is 0 Å². The number of aromatic nitrogens is 3. The van der Waals surface area contributed by atoms with Gasteiger partial charge in [-0.3, -0.25) is 4.98 Å². The molecule has 2 heterocycles. The van der Waals surface area contributed by atoms with E-state index in [-0.39, 0.29) is 0 Å². The van der Waals surface area contributed by atoms with Crippen LogP contribution in [-0.2, 0) is 4.74 Å². The number of hydrogen-bond donors (Lipinski definition) is 1. The molecule has 0 bridgehead atoms. The van der Waals surface area contributed by atoms with E-state index in [1.165, 1.54) is 5.52 Å². The van der Waals surface area contributed by atoms with Crippen LogP contribution in [0, 0.1) is 4.77 Å². The SMILES string of the molecule is COC1CC(n2c(=S)[nH]c3cnc4ccccc4c32)C1. The van der Waals surface area contributed by atoms with E-state index in [2.05, 4.69) is 20.6 Å². The van der Waals surface area contributed by atoms with Gasteiger partial charge in [0.25, 0.3) is 0 Å². The van der Waals surface area contributed by atoms with Crippen LogP contribution in [0.5, 0.6) is 0 Å². The molecule has 4 nitrogen and oxygen atoms in total. The van der Waals surface area contributed by atoms with Crippen LogP contribution in [0.3, 0.4) is 0 Å². The van der Waals surface area contributed by atoms with E-state index in [0.29, 0.717) is 12.1 Å². The van der Waals surface area contributed by atoms with Crippen molar-refractivity contribution in [1.82, 2.24) is 14.5 Å². The number of benzene rings is 1. The Morgan fingerprint density at radius 3 is 2.95 bits per heavy atom. The molecule has 1 aromatic carbocycles. The van der Waals surface area contributed by atoms with Crippen molar-refractivity contribution in [3.8, 4) is 0 Å². The molecule has 0 amide bonds. The van der Waals surface area contributed by atoms with Gasteiger partial charge in [0.05, 0.1) is 28.9 Å². The molecule has 0 saturated heterocycles. The van der Waals surface area contributed by atoms with Gasteiger partial charge in [-0.25, -0.2) is 0 Å². The molecule has 0 atom stereocenters. The van der Waals surface area contributed by atoms with Gasteiger partial charge in [-0.2, -0.15) is 0 Å². The molecule has 20 heavy (non-hydrogen) atoms. The summed E-state index contributed by atoms with van der Waals surface area (Å²) in [5, 5.41) is 1.15. The summed E-state index contributed by atoms with van der Waals surface area (Å²) in [6.07, 6.45) is 4.28. The highest BCUT2D eigenvalue weighted by Crippen LogP contribution is 2.38. The second-order valence-corrected chi connectivity index (χ2v) is 5.71. The van der Waals surface area contributed by atoms with Crippen molar-refractivity contribution in [3.05, 3.63) is 35.2 Å². The highest BCUT2D eigenvalue weighted by Gasteiger charge is 2.32. The average molecular weight is 285 g/mol. The summed E-state index contributed by atoms with van der Waals surface area (Å²) in [4.78, 5) is 7.76. The van der Waals surface area contributed by atoms with E-state index in [1.807, 2.05) is 24.4 Å². The molecule has 5 heteroatoms. The lowest BCUT2D eigenvalue weighted by molar-refractivity contribution is 0.00703. The van der Waals surface area contributed by atoms with E-state index in [0.717, 1.165) is 34.0 Å². The van der Waals surface area contributed by atoms with Crippen LogP contribution >= 0.6 is 12.2 Å². The minimum absolute atomic E-state index is 0.361. The summed E-state index contributed by atoms with van der Waals surface area (Å²) < 4.78 is 8.40. The second kappa shape index (κ2) is 4.40. The topological polar surface area (TPSA) is 42.8 Å². The van der Waals surface area contributed by atoms with Crippen LogP contribution in [0.15, 0.2) is 30.5 Å². The number of aromatic amines is 1. The van der Waals surface area contributed by atoms with Gasteiger partial charge in [-0.05, 0) is 31.1 Å². The number of nitrogens with one attached hydrogen (secondary N) is 1. The predicted octanol–water partition coefficient (Wildman–Crippen LogP) is 3.60. The lowest BCUT2D eigenvalue weighted by atomic mass is 9.89. The van der Waals surface area contributed by atoms with E-state index >= 15 is 0 Å². The van der Waals surface area contributed by atoms with E-state index < -0.39 is 0 Å². The molecule has 0 spiro atoms. The largest absolute Gasteiger partial charge is 0.381 e. The number of rotatable bonds is 2. The number of para-hydroxylation sites is 1. The smallest absolute Gasteiger partial charge is 0.178 e. The Morgan fingerprint density at radius 2 is 2.15 bits per heavy atom. The molecular formula is C15H15N3OS. The maximum atomic E-state index is 5.51. The number of fused-ring (bicyclic) bond motifs is 3. The van der Waals surface area contributed by atoms with Crippen molar-refractivity contribution in [3.63, 3.8) is 0 Å². The summed E-state index contributed by atoms with van der Waals surface area (Å²) in [5.74, 6) is 0. The lowest BCUT2D eigenvalue weighted by Crippen LogP contribution is -2.32. The Bertz CT molecular complexity index is 845. The maximum absolute atomic E-state index is 5.51. The van der Waals surface area contributed by atoms with Crippen molar-refractivity contribution in [2.75, 3.05) is 7.11 Å². The number of methoxy groups -OCH3 is 1. The minimum atomic E-state index is 0.361. The number of hydrogen-bond acceptors (Lipinski definition) is 3. The highest BCUT2D eigenvalue weighted by atomic mass is 32.1. The first kappa shape index (κ1) is 12.1. The molecule has 0 aliphatic heterocycles. The van der Waals surface area contributed by atoms with Crippen LogP contribution in [0.1, 0.15) is 18.9 Å². The molecule has 1 aliphatic rings. The molecule has 2 aromatic heterocycles. The number of pyridine rings is 1. The molecule has 0 radical (unpaired) electrons. The molecule has 1 saturated carbocycles. The summed E-state index contributed by atoms with van der Waals surface area (Å²) in [6.45, 7) is 0. The Morgan fingerprint density at radius 1 is 1.35 bits per heavy atom. The van der Waals surface area contributed by atoms with Crippen LogP contribution in [0.2, 0.25) is 0 Å². The molecule has 1 aliphatic carbocycles. The first-order valence-corrected chi connectivity index (χ1v) is 7.19. The molecule has 1 fully saturated rings. The molecule has 0 unspecified atom stereocenters. The monoisotopic (exact) mass is 285 g/mol. The fourth-order valence-corrected chi connectivity index (χ4v) is 3.39. The number of H-pyrrole nitrogens is 1. The molecule has 102 valence electrons. The number of nitrogens with zero attached hydrogens (tertiary/aromatic N) is 2. The van der Waals surface area contributed by atoms with Crippen molar-refractivity contribution in [1.29, 1.82) is 0 Å². The van der Waals surface area contributed by atoms with Gasteiger partial charge < -0.3 is 14.3 Å². The quantitative estimate of drug-likeness (QED) is 0.732. The maximum Gasteiger partial charge on any atom is 0.178 e. The normalized spacial score (nSPS) is 22.2. The number of imidazole rings is 1. The van der Waals surface area contributed by atoms with E-state index in [9.17, 15) is 0 Å². The average Bonchev–Trinajstić information content (AvgIpc) is 2.75. The standard InChI is InChI=1S/C15H15N3OS/c1-19-10-6-9(7-10)18-14-11-4-2-3-5-12(11)16-8-13(14)17-15(18)20/h2-5,8-10H,6-7H2,1H3,(H,17,20). The van der Waals surface area contributed by atoms with Crippen molar-refractivity contribution in [2.45, 2.75) is 25.0 Å². The zero-order valence-electron chi connectivity index (χ0n) is 11.2. The Hall–Kier alpha value is -1.72. The summed E-state index contributed by atoms with van der Waals surface area (Å²) in [6, 6.07) is 8.62. The van der Waals surface area contributed by atoms with Crippen LogP contribution in [-0.4, -0.2) is 27.7 Å². The van der Waals surface area contributed by atoms with E-state index in [1.54, 1.807) is 7.11 Å². The number of ether oxygens (including phenoxy) is 1. The van der Waals surface area contributed by atoms with Crippen molar-refractivity contribution < 1.29 is 4.74 Å². The Balaban J connectivity index is 1.98. The third-order valence-corrected chi connectivity index (χ3v) is 4.52. The Labute approximate surface area is 121 Å². The van der Waals surface area contributed by atoms with Gasteiger partial charge in [0, 0.05) is 18.5 Å². The van der Waals surface area contributed by atoms with Crippen LogP contribution in [0.4, 0.5) is 0 Å². The Kier molecular flexibility index (Phi) is 2.65. The van der Waals surface area contributed by atoms with Crippen LogP contribution in [0.25, 0.3) is 21.9 Å². The second-order valence-electron chi connectivity index (χ2n) is 5.32. The molecule has 1 N–H and O–H groups in total. The van der Waals surface area contributed by atoms with Gasteiger partial charge in [0.1, 0.15) is 0 Å². The van der Waals surface area contributed by atoms with E-state index in [4.69, 9.17) is 17.0 Å². The zero-order valence-corrected chi connectivity index (χ0v) is 12.0. The molecule has 3 aromatic rings. The minimum Gasteiger partial charge on any atom is -0.381 e. The predicted molar refractivity (Wildman–Crippen MR) is 81.5 cm³/mol. The molecule has 4 rings (SSSR count). The summed E-state index contributed by atoms with van der Waals surface area (Å²) >= 11 is 5.51. The summed E-state index contributed by atoms with van der Waals surface area (Å²) in [5.41, 5.74) is 3.18. The fraction of sp³-hybridized carbons (Fsp3) is 0.333.